The average molecular weight is 1220 g/mol. The Morgan fingerprint density at radius 3 is 1.54 bits per heavy atom. The monoisotopic (exact) mass is 1220 g/mol. The summed E-state index contributed by atoms with van der Waals surface area (Å²) in [6, 6.07) is 37.6. The Bertz CT molecular complexity index is 3400. The van der Waals surface area contributed by atoms with Gasteiger partial charge in [-0.1, -0.05) is 97.8 Å². The lowest BCUT2D eigenvalue weighted by molar-refractivity contribution is -0.125. The predicted octanol–water partition coefficient (Wildman–Crippen LogP) is 7.68. The lowest BCUT2D eigenvalue weighted by Gasteiger charge is -2.28. The van der Waals surface area contributed by atoms with Gasteiger partial charge in [-0.2, -0.15) is 23.5 Å². The van der Waals surface area contributed by atoms with Crippen LogP contribution >= 0.6 is 23.5 Å². The number of unbranched alkanes of at least 4 members (excludes halogenated alkanes) is 2. The fourth-order valence-corrected chi connectivity index (χ4v) is 15.7. The predicted molar refractivity (Wildman–Crippen MR) is 342 cm³/mol. The summed E-state index contributed by atoms with van der Waals surface area (Å²) in [6.45, 7) is 2.47. The number of rotatable bonds is 28. The van der Waals surface area contributed by atoms with Crippen molar-refractivity contribution in [2.24, 2.45) is 0 Å². The van der Waals surface area contributed by atoms with Crippen molar-refractivity contribution >= 4 is 86.9 Å². The van der Waals surface area contributed by atoms with E-state index in [1.165, 1.54) is 16.1 Å². The molecule has 1 aliphatic carbocycles. The Balaban J connectivity index is 0.000000208. The molecule has 4 fully saturated rings. The van der Waals surface area contributed by atoms with Gasteiger partial charge >= 0.3 is 18.2 Å². The number of hydrazine groups is 2. The highest BCUT2D eigenvalue weighted by atomic mass is 32.2. The molecule has 22 heteroatoms. The Morgan fingerprint density at radius 2 is 1.05 bits per heavy atom. The summed E-state index contributed by atoms with van der Waals surface area (Å²) in [7, 11) is 7.40. The minimum absolute atomic E-state index is 0.0196. The van der Waals surface area contributed by atoms with Crippen molar-refractivity contribution in [1.82, 2.24) is 61.5 Å². The fourth-order valence-electron chi connectivity index (χ4n) is 12.6. The van der Waals surface area contributed by atoms with Crippen molar-refractivity contribution in [3.05, 3.63) is 132 Å². The van der Waals surface area contributed by atoms with Crippen LogP contribution in [-0.4, -0.2) is 160 Å². The number of Topliss-reactive ketones (excluding diaryl/α,β-unsaturated/α-hetero) is 2. The third kappa shape index (κ3) is 15.7. The highest BCUT2D eigenvalue weighted by Gasteiger charge is 2.44. The molecule has 20 nitrogen and oxygen atoms in total. The number of ether oxygens (including phenoxy) is 1. The average Bonchev–Trinajstić information content (AvgIpc) is 2.16. The van der Waals surface area contributed by atoms with Crippen molar-refractivity contribution in [1.29, 1.82) is 0 Å². The van der Waals surface area contributed by atoms with Crippen molar-refractivity contribution in [2.75, 3.05) is 59.4 Å². The molecule has 6 aromatic rings. The van der Waals surface area contributed by atoms with Gasteiger partial charge < -0.3 is 45.8 Å². The van der Waals surface area contributed by atoms with E-state index in [0.717, 1.165) is 101 Å². The maximum atomic E-state index is 13.3. The number of urea groups is 2. The molecule has 87 heavy (non-hydrogen) atoms. The van der Waals surface area contributed by atoms with Crippen LogP contribution < -0.4 is 37.3 Å². The number of fused-ring (bicyclic) bond motifs is 7. The Hall–Kier alpha value is -7.37. The van der Waals surface area contributed by atoms with Crippen LogP contribution in [0.15, 0.2) is 109 Å². The Labute approximate surface area is 517 Å². The van der Waals surface area contributed by atoms with E-state index in [1.54, 1.807) is 7.05 Å². The zero-order valence-corrected chi connectivity index (χ0v) is 51.8. The van der Waals surface area contributed by atoms with E-state index in [0.29, 0.717) is 49.4 Å². The van der Waals surface area contributed by atoms with Crippen molar-refractivity contribution in [3.63, 3.8) is 0 Å². The van der Waals surface area contributed by atoms with Crippen LogP contribution in [0.4, 0.5) is 14.4 Å². The molecule has 4 saturated heterocycles. The van der Waals surface area contributed by atoms with Crippen molar-refractivity contribution < 1.29 is 38.3 Å². The second kappa shape index (κ2) is 29.6. The number of aromatic nitrogens is 2. The second-order valence-corrected chi connectivity index (χ2v) is 25.8. The molecule has 2 aromatic heterocycles. The molecule has 4 aromatic carbocycles. The number of carbonyl (C=O) groups excluding carboxylic acids is 7. The number of hydrogen-bond acceptors (Lipinski definition) is 13. The molecular weight excluding hydrogens is 1140 g/mol. The summed E-state index contributed by atoms with van der Waals surface area (Å²) in [5, 5.41) is 25.8. The molecule has 0 spiro atoms. The van der Waals surface area contributed by atoms with Crippen LogP contribution in [0.3, 0.4) is 0 Å². The summed E-state index contributed by atoms with van der Waals surface area (Å²) in [4.78, 5) is 86.6. The molecular formula is C65H82N12O8S2. The first kappa shape index (κ1) is 62.7. The van der Waals surface area contributed by atoms with Crippen LogP contribution in [0, 0.1) is 0 Å². The third-order valence-electron chi connectivity index (χ3n) is 17.4. The fraction of sp³-hybridized carbons (Fsp3) is 0.462. The number of aryl methyl sites for hydroxylation is 2. The molecule has 11 rings (SSSR count). The van der Waals surface area contributed by atoms with E-state index >= 15 is 0 Å². The van der Waals surface area contributed by atoms with Gasteiger partial charge in [-0.15, -0.1) is 0 Å². The first-order chi connectivity index (χ1) is 42.2. The molecule has 0 saturated carbocycles. The molecule has 462 valence electrons. The number of amides is 7. The van der Waals surface area contributed by atoms with Gasteiger partial charge in [-0.25, -0.2) is 29.4 Å². The number of thioether (sulfide) groups is 2. The Morgan fingerprint density at radius 1 is 0.586 bits per heavy atom. The Kier molecular flexibility index (Phi) is 21.3. The minimum Gasteiger partial charge on any atom is -0.447 e. The largest absolute Gasteiger partial charge is 0.447 e. The molecule has 5 aliphatic rings. The summed E-state index contributed by atoms with van der Waals surface area (Å²) in [5.74, 6) is 1.64. The van der Waals surface area contributed by atoms with Crippen molar-refractivity contribution in [3.8, 4) is 11.1 Å². The van der Waals surface area contributed by atoms with E-state index in [-0.39, 0.29) is 91.6 Å². The SMILES string of the molecule is CN(Cc1cc2ccccc2n1CCC(=O)NCC(=O)CCCCC1SC[C@@H]2NC(=O)N[C@H]12)N(C)C(=O)OCC1c2ccccc2-c2ccccc21.CNN(C)Cc1cc2ccccc2n1CCC(=O)NCC(=O)CCCCC1SC[C@@H]2NC(=O)N[C@H]12. The van der Waals surface area contributed by atoms with Crippen LogP contribution in [-0.2, 0) is 50.1 Å². The van der Waals surface area contributed by atoms with E-state index < -0.39 is 6.09 Å². The summed E-state index contributed by atoms with van der Waals surface area (Å²) in [5.41, 5.74) is 12.0. The molecule has 6 atom stereocenters. The summed E-state index contributed by atoms with van der Waals surface area (Å²) >= 11 is 3.77. The zero-order valence-electron chi connectivity index (χ0n) is 50.2. The van der Waals surface area contributed by atoms with Gasteiger partial charge in [0.1, 0.15) is 6.61 Å². The van der Waals surface area contributed by atoms with Gasteiger partial charge in [0.05, 0.1) is 50.3 Å². The van der Waals surface area contributed by atoms with Gasteiger partial charge in [0, 0.05) is 110 Å². The van der Waals surface area contributed by atoms with Crippen LogP contribution in [0.2, 0.25) is 0 Å². The minimum atomic E-state index is -0.443. The number of nitrogens with zero attached hydrogens (tertiary/aromatic N) is 5. The van der Waals surface area contributed by atoms with Crippen LogP contribution in [0.1, 0.15) is 92.6 Å². The summed E-state index contributed by atoms with van der Waals surface area (Å²) < 4.78 is 10.2. The number of hydrogen-bond donors (Lipinski definition) is 7. The first-order valence-corrected chi connectivity index (χ1v) is 32.6. The smallest absolute Gasteiger partial charge is 0.424 e. The topological polar surface area (TPSA) is 233 Å². The number of para-hydroxylation sites is 2. The lowest BCUT2D eigenvalue weighted by atomic mass is 9.98. The molecule has 7 N–H and O–H groups in total. The maximum absolute atomic E-state index is 13.3. The normalized spacial score (nSPS) is 19.8. The van der Waals surface area contributed by atoms with Gasteiger partial charge in [-0.3, -0.25) is 24.6 Å². The highest BCUT2D eigenvalue weighted by molar-refractivity contribution is 8.00. The molecule has 2 unspecified atom stereocenters. The molecule has 0 radical (unpaired) electrons. The van der Waals surface area contributed by atoms with Gasteiger partial charge in [0.2, 0.25) is 11.8 Å². The standard InChI is InChI=1S/C40H46N6O5S.C25H36N6O3S/c1-44(45(2)40(50)51-24-33-31-15-7-5-13-29(31)30-14-6-8-16-32(30)33)23-27-21-26-11-3-9-17-35(26)46(27)20-19-37(48)41-22-28(47)12-4-10-18-36-38-34(25-52-36)42-39(49)43-38;1-26-30(2)15-18-13-17-7-3-5-9-21(17)31(18)12-11-23(33)27-14-19(32)8-4-6-10-22-24-20(16-35-22)28-25(34)29-24/h3,5-9,11,13-17,21,33-34,36,38H,4,10,12,18-20,22-25H2,1-2H3,(H,41,48)(H2,42,43,49);3,5,7,9,13,20,22,24,26H,4,6,8,10-12,14-16H2,1-2H3,(H,27,33)(H2,28,29,34)/t34-,36?,38-;20-,22?,24-/m00/s1. The first-order valence-electron chi connectivity index (χ1n) is 30.5. The van der Waals surface area contributed by atoms with Crippen LogP contribution in [0.25, 0.3) is 32.9 Å². The molecule has 6 heterocycles. The molecule has 0 bridgehead atoms. The van der Waals surface area contributed by atoms with E-state index in [9.17, 15) is 33.6 Å². The van der Waals surface area contributed by atoms with E-state index in [1.807, 2.05) is 115 Å². The molecule has 7 amide bonds. The highest BCUT2D eigenvalue weighted by Crippen LogP contribution is 2.45. The number of carbonyl (C=O) groups is 7. The summed E-state index contributed by atoms with van der Waals surface area (Å²) in [6.07, 6.45) is 6.36. The molecule has 4 aliphatic heterocycles. The van der Waals surface area contributed by atoms with Gasteiger partial charge in [-0.05, 0) is 90.0 Å². The van der Waals surface area contributed by atoms with Crippen LogP contribution in [0.5, 0.6) is 0 Å². The lowest BCUT2D eigenvalue weighted by Crippen LogP contribution is -2.41. The third-order valence-corrected chi connectivity index (χ3v) is 20.4. The number of ketones is 2. The van der Waals surface area contributed by atoms with Crippen molar-refractivity contribution in [2.45, 2.75) is 131 Å². The second-order valence-electron chi connectivity index (χ2n) is 23.3. The van der Waals surface area contributed by atoms with E-state index in [2.05, 4.69) is 95.0 Å². The van der Waals surface area contributed by atoms with Gasteiger partial charge in [0.15, 0.2) is 11.6 Å². The number of benzene rings is 4. The maximum Gasteiger partial charge on any atom is 0.424 e. The number of nitrogens with one attached hydrogen (secondary N) is 7. The van der Waals surface area contributed by atoms with Gasteiger partial charge in [0.25, 0.3) is 0 Å². The zero-order chi connectivity index (χ0) is 61.0. The van der Waals surface area contributed by atoms with E-state index in [4.69, 9.17) is 4.74 Å². The quantitative estimate of drug-likeness (QED) is 0.0142.